The van der Waals surface area contributed by atoms with E-state index in [1.165, 1.54) is 6.07 Å². The number of hydrogen-bond acceptors (Lipinski definition) is 4. The monoisotopic (exact) mass is 293 g/mol. The predicted molar refractivity (Wildman–Crippen MR) is 72.3 cm³/mol. The molecular weight excluding hydrogens is 277 g/mol. The van der Waals surface area contributed by atoms with Crippen molar-refractivity contribution in [3.05, 3.63) is 47.0 Å². The van der Waals surface area contributed by atoms with Gasteiger partial charge in [0.25, 0.3) is 0 Å². The zero-order valence-corrected chi connectivity index (χ0v) is 12.0. The van der Waals surface area contributed by atoms with Crippen LogP contribution in [0.25, 0.3) is 0 Å². The zero-order chi connectivity index (χ0) is 15.6. The smallest absolute Gasteiger partial charge is 0.377 e. The normalized spacial score (nSPS) is 18.3. The van der Waals surface area contributed by atoms with Crippen molar-refractivity contribution in [2.75, 3.05) is 0 Å². The van der Waals surface area contributed by atoms with Crippen LogP contribution in [0.3, 0.4) is 0 Å². The number of benzene rings is 1. The molecule has 0 saturated carbocycles. The molecule has 1 aromatic carbocycles. The summed E-state index contributed by atoms with van der Waals surface area (Å²) in [5, 5.41) is 2.55. The Morgan fingerprint density at radius 3 is 2.67 bits per heavy atom. The minimum atomic E-state index is -1.07. The van der Waals surface area contributed by atoms with E-state index in [9.17, 15) is 14.0 Å². The second kappa shape index (κ2) is 5.55. The molecule has 0 spiro atoms. The molecule has 5 nitrogen and oxygen atoms in total. The van der Waals surface area contributed by atoms with E-state index in [0.29, 0.717) is 11.1 Å². The number of hydrogen-bond donors (Lipinski definition) is 1. The number of halogens is 1. The zero-order valence-electron chi connectivity index (χ0n) is 12.0. The molecule has 0 unspecified atom stereocenters. The van der Waals surface area contributed by atoms with Gasteiger partial charge in [-0.3, -0.25) is 4.79 Å². The van der Waals surface area contributed by atoms with Crippen molar-refractivity contribution >= 4 is 11.9 Å². The van der Waals surface area contributed by atoms with Crippen molar-refractivity contribution in [3.8, 4) is 0 Å². The van der Waals surface area contributed by atoms with Crippen LogP contribution in [0, 0.1) is 12.7 Å². The van der Waals surface area contributed by atoms with Crippen LogP contribution >= 0.6 is 0 Å². The summed E-state index contributed by atoms with van der Waals surface area (Å²) >= 11 is 0. The molecule has 1 aliphatic heterocycles. The van der Waals surface area contributed by atoms with Crippen LogP contribution in [0.1, 0.15) is 25.0 Å². The third kappa shape index (κ3) is 3.81. The Labute approximate surface area is 121 Å². The van der Waals surface area contributed by atoms with Crippen molar-refractivity contribution < 1.29 is 23.5 Å². The van der Waals surface area contributed by atoms with E-state index < -0.39 is 17.7 Å². The van der Waals surface area contributed by atoms with Crippen LogP contribution < -0.4 is 5.32 Å². The summed E-state index contributed by atoms with van der Waals surface area (Å²) in [7, 11) is 0. The first kappa shape index (κ1) is 15.0. The Balaban J connectivity index is 1.96. The fraction of sp³-hybridized carbons (Fsp3) is 0.333. The molecule has 1 fully saturated rings. The van der Waals surface area contributed by atoms with Crippen LogP contribution in [-0.2, 0) is 25.6 Å². The number of carbonyl (C=O) groups is 2. The quantitative estimate of drug-likeness (QED) is 0.683. The van der Waals surface area contributed by atoms with E-state index >= 15 is 0 Å². The van der Waals surface area contributed by atoms with E-state index in [2.05, 4.69) is 5.32 Å². The Bertz CT molecular complexity index is 622. The molecule has 0 radical (unpaired) electrons. The number of aryl methyl sites for hydroxylation is 1. The van der Waals surface area contributed by atoms with Gasteiger partial charge in [0.2, 0.25) is 17.5 Å². The van der Waals surface area contributed by atoms with Gasteiger partial charge in [-0.25, -0.2) is 9.18 Å². The predicted octanol–water partition coefficient (Wildman–Crippen LogP) is 1.94. The van der Waals surface area contributed by atoms with Crippen LogP contribution in [0.4, 0.5) is 4.39 Å². The first-order valence-corrected chi connectivity index (χ1v) is 6.44. The van der Waals surface area contributed by atoms with E-state index in [4.69, 9.17) is 9.47 Å². The molecule has 1 aromatic rings. The van der Waals surface area contributed by atoms with Crippen molar-refractivity contribution in [2.24, 2.45) is 0 Å². The number of rotatable bonds is 3. The molecule has 0 atom stereocenters. The van der Waals surface area contributed by atoms with E-state index in [-0.39, 0.29) is 18.1 Å². The van der Waals surface area contributed by atoms with Gasteiger partial charge in [-0.15, -0.1) is 0 Å². The highest BCUT2D eigenvalue weighted by atomic mass is 19.1. The van der Waals surface area contributed by atoms with Gasteiger partial charge in [-0.2, -0.15) is 0 Å². The van der Waals surface area contributed by atoms with E-state index in [1.807, 2.05) is 0 Å². The number of carbonyl (C=O) groups excluding carboxylic acids is 2. The second-order valence-electron chi connectivity index (χ2n) is 5.20. The Hall–Kier alpha value is -2.37. The standard InChI is InChI=1S/C15H16FNO4/c1-9-4-5-10(6-11(9)16)8-17-13(18)7-12-14(19)21-15(2,3)20-12/h4-7H,8H2,1-3H3,(H,17,18)/b12-7-. The van der Waals surface area contributed by atoms with Crippen molar-refractivity contribution in [3.63, 3.8) is 0 Å². The molecule has 2 rings (SSSR count). The molecular formula is C15H16FNO4. The third-order valence-corrected chi connectivity index (χ3v) is 2.86. The summed E-state index contributed by atoms with van der Waals surface area (Å²) in [6.07, 6.45) is 1.03. The van der Waals surface area contributed by atoms with E-state index in [1.54, 1.807) is 32.9 Å². The summed E-state index contributed by atoms with van der Waals surface area (Å²) in [4.78, 5) is 23.1. The van der Waals surface area contributed by atoms with Gasteiger partial charge in [0.1, 0.15) is 5.82 Å². The minimum absolute atomic E-state index is 0.146. The number of esters is 1. The maximum Gasteiger partial charge on any atom is 0.377 e. The van der Waals surface area contributed by atoms with Crippen LogP contribution in [0.2, 0.25) is 0 Å². The Morgan fingerprint density at radius 1 is 1.38 bits per heavy atom. The minimum Gasteiger partial charge on any atom is -0.445 e. The SMILES string of the molecule is Cc1ccc(CNC(=O)/C=C2\OC(C)(C)OC2=O)cc1F. The highest BCUT2D eigenvalue weighted by molar-refractivity contribution is 5.97. The fourth-order valence-electron chi connectivity index (χ4n) is 1.79. The number of ether oxygens (including phenoxy) is 2. The molecule has 6 heteroatoms. The lowest BCUT2D eigenvalue weighted by atomic mass is 10.1. The highest BCUT2D eigenvalue weighted by Crippen LogP contribution is 2.25. The first-order chi connectivity index (χ1) is 9.77. The van der Waals surface area contributed by atoms with Crippen molar-refractivity contribution in [1.82, 2.24) is 5.32 Å². The molecule has 0 bridgehead atoms. The topological polar surface area (TPSA) is 64.6 Å². The molecule has 1 aliphatic rings. The van der Waals surface area contributed by atoms with Gasteiger partial charge in [0.15, 0.2) is 0 Å². The maximum absolute atomic E-state index is 13.4. The van der Waals surface area contributed by atoms with Crippen molar-refractivity contribution in [1.29, 1.82) is 0 Å². The van der Waals surface area contributed by atoms with E-state index in [0.717, 1.165) is 6.08 Å². The number of cyclic esters (lactones) is 1. The molecule has 1 heterocycles. The average Bonchev–Trinajstić information content (AvgIpc) is 2.64. The summed E-state index contributed by atoms with van der Waals surface area (Å²) in [6.45, 7) is 4.95. The average molecular weight is 293 g/mol. The van der Waals surface area contributed by atoms with Gasteiger partial charge in [0.05, 0.1) is 6.08 Å². The lowest BCUT2D eigenvalue weighted by Gasteiger charge is -2.13. The molecule has 21 heavy (non-hydrogen) atoms. The van der Waals surface area contributed by atoms with Gasteiger partial charge in [-0.05, 0) is 24.1 Å². The molecule has 1 amide bonds. The molecule has 0 aliphatic carbocycles. The van der Waals surface area contributed by atoms with Gasteiger partial charge >= 0.3 is 5.97 Å². The lowest BCUT2D eigenvalue weighted by Crippen LogP contribution is -2.22. The second-order valence-corrected chi connectivity index (χ2v) is 5.20. The lowest BCUT2D eigenvalue weighted by molar-refractivity contribution is -0.159. The summed E-state index contributed by atoms with van der Waals surface area (Å²) in [5.74, 6) is -2.74. The summed E-state index contributed by atoms with van der Waals surface area (Å²) in [5.41, 5.74) is 1.16. The van der Waals surface area contributed by atoms with Crippen LogP contribution in [-0.4, -0.2) is 17.7 Å². The van der Waals surface area contributed by atoms with Crippen LogP contribution in [0.15, 0.2) is 30.0 Å². The van der Waals surface area contributed by atoms with Crippen molar-refractivity contribution in [2.45, 2.75) is 33.1 Å². The van der Waals surface area contributed by atoms with Gasteiger partial charge in [0, 0.05) is 20.4 Å². The third-order valence-electron chi connectivity index (χ3n) is 2.86. The Morgan fingerprint density at radius 2 is 2.10 bits per heavy atom. The Kier molecular flexibility index (Phi) is 3.97. The molecule has 0 aromatic heterocycles. The largest absolute Gasteiger partial charge is 0.445 e. The summed E-state index contributed by atoms with van der Waals surface area (Å²) in [6, 6.07) is 4.71. The number of nitrogens with one attached hydrogen (secondary N) is 1. The molecule has 1 saturated heterocycles. The van der Waals surface area contributed by atoms with Crippen LogP contribution in [0.5, 0.6) is 0 Å². The highest BCUT2D eigenvalue weighted by Gasteiger charge is 2.37. The molecule has 112 valence electrons. The molecule has 1 N–H and O–H groups in total. The number of amides is 1. The van der Waals surface area contributed by atoms with Gasteiger partial charge < -0.3 is 14.8 Å². The summed E-state index contributed by atoms with van der Waals surface area (Å²) < 4.78 is 23.4. The first-order valence-electron chi connectivity index (χ1n) is 6.44. The van der Waals surface area contributed by atoms with Gasteiger partial charge in [-0.1, -0.05) is 12.1 Å². The fourth-order valence-corrected chi connectivity index (χ4v) is 1.79. The maximum atomic E-state index is 13.4.